The zero-order valence-corrected chi connectivity index (χ0v) is 17.3. The van der Waals surface area contributed by atoms with Crippen molar-refractivity contribution in [3.63, 3.8) is 0 Å². The summed E-state index contributed by atoms with van der Waals surface area (Å²) in [5.74, 6) is 0.915. The first-order valence-electron chi connectivity index (χ1n) is 8.55. The molecule has 24 heavy (non-hydrogen) atoms. The molecule has 1 aliphatic rings. The fraction of sp³-hybridized carbons (Fsp3) is 0.632. The van der Waals surface area contributed by atoms with Gasteiger partial charge in [0.05, 0.1) is 12.5 Å². The molecule has 1 aromatic rings. The van der Waals surface area contributed by atoms with Gasteiger partial charge in [0.25, 0.3) is 0 Å². The topological polar surface area (TPSA) is 38.8 Å². The Morgan fingerprint density at radius 1 is 1.25 bits per heavy atom. The van der Waals surface area contributed by atoms with Crippen LogP contribution in [0.15, 0.2) is 18.2 Å². The Bertz CT molecular complexity index is 636. The zero-order chi connectivity index (χ0) is 18.3. The summed E-state index contributed by atoms with van der Waals surface area (Å²) in [6.45, 7) is 13.8. The number of benzene rings is 1. The van der Waals surface area contributed by atoms with Crippen molar-refractivity contribution in [2.24, 2.45) is 0 Å². The minimum atomic E-state index is -1.81. The van der Waals surface area contributed by atoms with Gasteiger partial charge in [0.1, 0.15) is 5.75 Å². The number of hydrogen-bond acceptors (Lipinski definition) is 3. The van der Waals surface area contributed by atoms with Crippen LogP contribution in [0.2, 0.25) is 18.1 Å². The van der Waals surface area contributed by atoms with E-state index in [0.717, 1.165) is 17.0 Å². The Hall–Kier alpha value is -1.33. The molecule has 4 nitrogen and oxygen atoms in total. The lowest BCUT2D eigenvalue weighted by atomic mass is 9.81. The first-order valence-corrected chi connectivity index (χ1v) is 11.5. The van der Waals surface area contributed by atoms with Crippen molar-refractivity contribution in [1.29, 1.82) is 0 Å². The van der Waals surface area contributed by atoms with Crippen LogP contribution in [-0.2, 0) is 14.6 Å². The van der Waals surface area contributed by atoms with Crippen LogP contribution >= 0.6 is 0 Å². The van der Waals surface area contributed by atoms with Crippen LogP contribution in [-0.4, -0.2) is 35.0 Å². The number of likely N-dealkylation sites (N-methyl/N-ethyl adjacent to an activating group) is 1. The number of nitrogens with zero attached hydrogens (tertiary/aromatic N) is 1. The van der Waals surface area contributed by atoms with E-state index >= 15 is 0 Å². The van der Waals surface area contributed by atoms with E-state index in [1.54, 1.807) is 12.0 Å². The van der Waals surface area contributed by atoms with Gasteiger partial charge in [-0.1, -0.05) is 20.8 Å². The van der Waals surface area contributed by atoms with Crippen molar-refractivity contribution in [2.45, 2.75) is 57.7 Å². The summed E-state index contributed by atoms with van der Waals surface area (Å²) < 4.78 is 11.7. The van der Waals surface area contributed by atoms with Crippen molar-refractivity contribution in [2.75, 3.05) is 25.7 Å². The van der Waals surface area contributed by atoms with Gasteiger partial charge in [-0.15, -0.1) is 0 Å². The van der Waals surface area contributed by atoms with Gasteiger partial charge < -0.3 is 14.1 Å². The van der Waals surface area contributed by atoms with E-state index in [2.05, 4.69) is 33.9 Å². The molecule has 2 rings (SSSR count). The molecule has 134 valence electrons. The monoisotopic (exact) mass is 349 g/mol. The summed E-state index contributed by atoms with van der Waals surface area (Å²) in [5, 5.41) is 0.172. The Kier molecular flexibility index (Phi) is 4.90. The fourth-order valence-corrected chi connectivity index (χ4v) is 3.99. The molecule has 0 spiro atoms. The number of methoxy groups -OCH3 is 1. The van der Waals surface area contributed by atoms with Crippen LogP contribution in [0.3, 0.4) is 0 Å². The third-order valence-corrected chi connectivity index (χ3v) is 10.3. The van der Waals surface area contributed by atoms with Crippen molar-refractivity contribution < 1.29 is 14.0 Å². The lowest BCUT2D eigenvalue weighted by Crippen LogP contribution is -2.43. The molecule has 0 aliphatic carbocycles. The molecule has 1 aromatic carbocycles. The van der Waals surface area contributed by atoms with Gasteiger partial charge in [-0.25, -0.2) is 0 Å². The lowest BCUT2D eigenvalue weighted by Gasteiger charge is -2.37. The smallest absolute Gasteiger partial charge is 0.237 e. The molecule has 0 radical (unpaired) electrons. The average molecular weight is 350 g/mol. The molecule has 0 saturated carbocycles. The number of ether oxygens (including phenoxy) is 1. The molecule has 1 heterocycles. The Morgan fingerprint density at radius 2 is 1.88 bits per heavy atom. The highest BCUT2D eigenvalue weighted by Gasteiger charge is 2.46. The molecule has 0 N–H and O–H groups in total. The van der Waals surface area contributed by atoms with E-state index in [9.17, 15) is 4.79 Å². The predicted octanol–water partition coefficient (Wildman–Crippen LogP) is 4.34. The van der Waals surface area contributed by atoms with Gasteiger partial charge in [0.15, 0.2) is 8.32 Å². The predicted molar refractivity (Wildman–Crippen MR) is 102 cm³/mol. The minimum absolute atomic E-state index is 0.129. The van der Waals surface area contributed by atoms with Gasteiger partial charge in [-0.2, -0.15) is 0 Å². The molecule has 0 saturated heterocycles. The number of hydrogen-bond donors (Lipinski definition) is 0. The lowest BCUT2D eigenvalue weighted by molar-refractivity contribution is -0.122. The third-order valence-electron chi connectivity index (χ3n) is 5.81. The highest BCUT2D eigenvalue weighted by molar-refractivity contribution is 6.74. The number of anilines is 1. The molecule has 0 fully saturated rings. The number of rotatable bonds is 5. The van der Waals surface area contributed by atoms with Crippen LogP contribution < -0.4 is 9.64 Å². The maximum atomic E-state index is 12.9. The molecule has 5 heteroatoms. The number of carbonyl (C=O) groups excluding carboxylic acids is 1. The fourth-order valence-electron chi connectivity index (χ4n) is 2.94. The molecule has 1 amide bonds. The first kappa shape index (κ1) is 19.0. The van der Waals surface area contributed by atoms with Crippen LogP contribution in [0.1, 0.15) is 39.7 Å². The SMILES string of the molecule is COc1ccc2c(c1)C(C)(CCO[Si](C)(C)C(C)(C)C)C(=O)N2C. The van der Waals surface area contributed by atoms with Crippen molar-refractivity contribution in [3.8, 4) is 5.75 Å². The molecule has 0 bridgehead atoms. The molecule has 1 unspecified atom stereocenters. The number of fused-ring (bicyclic) bond motifs is 1. The van der Waals surface area contributed by atoms with E-state index < -0.39 is 13.7 Å². The largest absolute Gasteiger partial charge is 0.497 e. The Morgan fingerprint density at radius 3 is 2.42 bits per heavy atom. The standard InChI is InChI=1S/C19H31NO3Si/c1-18(2,3)24(7,8)23-12-11-19(4)15-13-14(22-6)9-10-16(15)20(5)17(19)21/h9-10,13H,11-12H2,1-8H3. The normalized spacial score (nSPS) is 21.2. The van der Waals surface area contributed by atoms with E-state index in [-0.39, 0.29) is 10.9 Å². The maximum Gasteiger partial charge on any atom is 0.237 e. The van der Waals surface area contributed by atoms with Crippen LogP contribution in [0.25, 0.3) is 0 Å². The van der Waals surface area contributed by atoms with Gasteiger partial charge >= 0.3 is 0 Å². The molecule has 0 aromatic heterocycles. The molecule has 1 atom stereocenters. The zero-order valence-electron chi connectivity index (χ0n) is 16.3. The number of amides is 1. The van der Waals surface area contributed by atoms with E-state index in [4.69, 9.17) is 9.16 Å². The Labute approximate surface area is 147 Å². The second-order valence-electron chi connectivity index (χ2n) is 8.44. The summed E-state index contributed by atoms with van der Waals surface area (Å²) in [6, 6.07) is 5.86. The van der Waals surface area contributed by atoms with Crippen molar-refractivity contribution in [1.82, 2.24) is 0 Å². The summed E-state index contributed by atoms with van der Waals surface area (Å²) >= 11 is 0. The third kappa shape index (κ3) is 3.11. The van der Waals surface area contributed by atoms with Crippen molar-refractivity contribution >= 4 is 19.9 Å². The average Bonchev–Trinajstić information content (AvgIpc) is 2.68. The summed E-state index contributed by atoms with van der Waals surface area (Å²) in [5.41, 5.74) is 1.45. The summed E-state index contributed by atoms with van der Waals surface area (Å²) in [4.78, 5) is 14.6. The Balaban J connectivity index is 2.23. The van der Waals surface area contributed by atoms with E-state index in [1.807, 2.05) is 32.2 Å². The second kappa shape index (κ2) is 6.19. The summed E-state index contributed by atoms with van der Waals surface area (Å²) in [6.07, 6.45) is 0.683. The van der Waals surface area contributed by atoms with Gasteiger partial charge in [-0.3, -0.25) is 4.79 Å². The molecular formula is C19H31NO3Si. The highest BCUT2D eigenvalue weighted by Crippen LogP contribution is 2.45. The van der Waals surface area contributed by atoms with Gasteiger partial charge in [0, 0.05) is 19.3 Å². The van der Waals surface area contributed by atoms with E-state index in [1.165, 1.54) is 0 Å². The van der Waals surface area contributed by atoms with Gasteiger partial charge in [-0.05, 0) is 55.2 Å². The number of carbonyl (C=O) groups is 1. The first-order chi connectivity index (χ1) is 10.9. The summed E-state index contributed by atoms with van der Waals surface area (Å²) in [7, 11) is 1.69. The van der Waals surface area contributed by atoms with Crippen LogP contribution in [0.5, 0.6) is 5.75 Å². The van der Waals surface area contributed by atoms with Crippen LogP contribution in [0.4, 0.5) is 5.69 Å². The van der Waals surface area contributed by atoms with Crippen LogP contribution in [0, 0.1) is 0 Å². The van der Waals surface area contributed by atoms with Gasteiger partial charge in [0.2, 0.25) is 5.91 Å². The highest BCUT2D eigenvalue weighted by atomic mass is 28.4. The molecule has 1 aliphatic heterocycles. The molecular weight excluding hydrogens is 318 g/mol. The van der Waals surface area contributed by atoms with Crippen molar-refractivity contribution in [3.05, 3.63) is 23.8 Å². The maximum absolute atomic E-state index is 12.9. The van der Waals surface area contributed by atoms with E-state index in [0.29, 0.717) is 13.0 Å². The quantitative estimate of drug-likeness (QED) is 0.742. The second-order valence-corrected chi connectivity index (χ2v) is 13.2. The minimum Gasteiger partial charge on any atom is -0.497 e.